The monoisotopic (exact) mass is 425 g/mol. The zero-order valence-corrected chi connectivity index (χ0v) is 18.2. The molecule has 1 aromatic heterocycles. The van der Waals surface area contributed by atoms with Crippen molar-refractivity contribution in [3.05, 3.63) is 60.1 Å². The quantitative estimate of drug-likeness (QED) is 0.680. The molecule has 7 heteroatoms. The molecular formula is C24H31N3O4. The molecule has 1 unspecified atom stereocenters. The summed E-state index contributed by atoms with van der Waals surface area (Å²) >= 11 is 0. The Labute approximate surface area is 183 Å². The number of nitrogens with one attached hydrogen (secondary N) is 2. The second-order valence-corrected chi connectivity index (χ2v) is 8.43. The number of carbonyl (C=O) groups is 3. The Kier molecular flexibility index (Phi) is 7.87. The molecule has 0 bridgehead atoms. The fourth-order valence-corrected chi connectivity index (χ4v) is 3.87. The number of furan rings is 1. The number of hydrogen-bond donors (Lipinski definition) is 2. The number of likely N-dealkylation sites (tertiary alicyclic amines) is 1. The maximum absolute atomic E-state index is 13.0. The van der Waals surface area contributed by atoms with Crippen LogP contribution in [0.1, 0.15) is 49.2 Å². The van der Waals surface area contributed by atoms with E-state index in [1.165, 1.54) is 0 Å². The second kappa shape index (κ2) is 10.8. The van der Waals surface area contributed by atoms with Gasteiger partial charge in [0.15, 0.2) is 0 Å². The Hall–Kier alpha value is -3.09. The van der Waals surface area contributed by atoms with E-state index in [1.54, 1.807) is 42.7 Å². The first kappa shape index (κ1) is 22.6. The average Bonchev–Trinajstić information content (AvgIpc) is 3.29. The lowest BCUT2D eigenvalue weighted by Gasteiger charge is -2.36. The number of rotatable bonds is 8. The molecule has 2 aromatic rings. The van der Waals surface area contributed by atoms with Gasteiger partial charge in [-0.1, -0.05) is 32.0 Å². The Bertz CT molecular complexity index is 856. The van der Waals surface area contributed by atoms with Crippen molar-refractivity contribution in [3.63, 3.8) is 0 Å². The minimum atomic E-state index is -0.676. The summed E-state index contributed by atoms with van der Waals surface area (Å²) in [6.07, 6.45) is 3.41. The summed E-state index contributed by atoms with van der Waals surface area (Å²) in [5.41, 5.74) is 0.510. The average molecular weight is 426 g/mol. The van der Waals surface area contributed by atoms with E-state index in [-0.39, 0.29) is 30.2 Å². The van der Waals surface area contributed by atoms with Crippen molar-refractivity contribution in [2.45, 2.75) is 45.7 Å². The number of piperidine rings is 1. The van der Waals surface area contributed by atoms with Crippen molar-refractivity contribution in [2.75, 3.05) is 13.1 Å². The molecule has 7 nitrogen and oxygen atoms in total. The predicted molar refractivity (Wildman–Crippen MR) is 117 cm³/mol. The minimum absolute atomic E-state index is 0.0487. The van der Waals surface area contributed by atoms with Gasteiger partial charge in [-0.05, 0) is 48.9 Å². The SMILES string of the molecule is CC(C)CC(=O)N1CCC(C(NC(=O)c2ccccc2)C(=O)NCc2ccco2)CC1. The fraction of sp³-hybridized carbons (Fsp3) is 0.458. The van der Waals surface area contributed by atoms with E-state index in [0.29, 0.717) is 49.6 Å². The van der Waals surface area contributed by atoms with Crippen molar-refractivity contribution in [1.29, 1.82) is 0 Å². The maximum Gasteiger partial charge on any atom is 0.251 e. The van der Waals surface area contributed by atoms with Crippen molar-refractivity contribution in [2.24, 2.45) is 11.8 Å². The van der Waals surface area contributed by atoms with Crippen LogP contribution in [0, 0.1) is 11.8 Å². The maximum atomic E-state index is 13.0. The molecule has 1 aliphatic rings. The van der Waals surface area contributed by atoms with Crippen LogP contribution in [0.15, 0.2) is 53.1 Å². The third-order valence-corrected chi connectivity index (χ3v) is 5.57. The summed E-state index contributed by atoms with van der Waals surface area (Å²) in [5.74, 6) is 0.545. The molecule has 31 heavy (non-hydrogen) atoms. The predicted octanol–water partition coefficient (Wildman–Crippen LogP) is 2.98. The van der Waals surface area contributed by atoms with Gasteiger partial charge in [-0.15, -0.1) is 0 Å². The topological polar surface area (TPSA) is 91.7 Å². The lowest BCUT2D eigenvalue weighted by Crippen LogP contribution is -2.53. The van der Waals surface area contributed by atoms with Crippen molar-refractivity contribution < 1.29 is 18.8 Å². The molecule has 2 N–H and O–H groups in total. The van der Waals surface area contributed by atoms with Crippen LogP contribution in [0.5, 0.6) is 0 Å². The molecule has 1 aliphatic heterocycles. The van der Waals surface area contributed by atoms with Crippen LogP contribution in [0.2, 0.25) is 0 Å². The molecule has 1 atom stereocenters. The van der Waals surface area contributed by atoms with Gasteiger partial charge in [0.25, 0.3) is 5.91 Å². The van der Waals surface area contributed by atoms with E-state index >= 15 is 0 Å². The molecule has 3 amide bonds. The van der Waals surface area contributed by atoms with Crippen LogP contribution >= 0.6 is 0 Å². The number of carbonyl (C=O) groups excluding carboxylic acids is 3. The molecule has 0 aliphatic carbocycles. The fourth-order valence-electron chi connectivity index (χ4n) is 3.87. The van der Waals surface area contributed by atoms with Crippen LogP contribution in [0.4, 0.5) is 0 Å². The molecule has 1 saturated heterocycles. The standard InChI is InChI=1S/C24H31N3O4/c1-17(2)15-21(28)27-12-10-18(11-13-27)22(24(30)25-16-20-9-6-14-31-20)26-23(29)19-7-4-3-5-8-19/h3-9,14,17-18,22H,10-13,15-16H2,1-2H3,(H,25,30)(H,26,29). The van der Waals surface area contributed by atoms with Crippen LogP contribution in [-0.4, -0.2) is 41.8 Å². The zero-order valence-electron chi connectivity index (χ0n) is 18.2. The van der Waals surface area contributed by atoms with E-state index in [0.717, 1.165) is 0 Å². The Morgan fingerprint density at radius 1 is 1.06 bits per heavy atom. The van der Waals surface area contributed by atoms with Gasteiger partial charge in [0.05, 0.1) is 12.8 Å². The zero-order chi connectivity index (χ0) is 22.2. The number of nitrogens with zero attached hydrogens (tertiary/aromatic N) is 1. The third kappa shape index (κ3) is 6.44. The third-order valence-electron chi connectivity index (χ3n) is 5.57. The van der Waals surface area contributed by atoms with Crippen molar-refractivity contribution in [1.82, 2.24) is 15.5 Å². The van der Waals surface area contributed by atoms with Crippen molar-refractivity contribution in [3.8, 4) is 0 Å². The highest BCUT2D eigenvalue weighted by Gasteiger charge is 2.34. The highest BCUT2D eigenvalue weighted by atomic mass is 16.3. The van der Waals surface area contributed by atoms with Crippen LogP contribution in [0.25, 0.3) is 0 Å². The lowest BCUT2D eigenvalue weighted by atomic mass is 9.88. The summed E-state index contributed by atoms with van der Waals surface area (Å²) < 4.78 is 5.29. The van der Waals surface area contributed by atoms with Gasteiger partial charge in [0.1, 0.15) is 11.8 Å². The van der Waals surface area contributed by atoms with Gasteiger partial charge < -0.3 is 20.0 Å². The Morgan fingerprint density at radius 2 is 1.77 bits per heavy atom. The number of amides is 3. The lowest BCUT2D eigenvalue weighted by molar-refractivity contribution is -0.133. The Morgan fingerprint density at radius 3 is 2.39 bits per heavy atom. The van der Waals surface area contributed by atoms with Crippen LogP contribution in [-0.2, 0) is 16.1 Å². The summed E-state index contributed by atoms with van der Waals surface area (Å²) in [5, 5.41) is 5.80. The first-order chi connectivity index (χ1) is 14.9. The van der Waals surface area contributed by atoms with Gasteiger partial charge in [-0.2, -0.15) is 0 Å². The first-order valence-electron chi connectivity index (χ1n) is 10.9. The van der Waals surface area contributed by atoms with Gasteiger partial charge in [0.2, 0.25) is 11.8 Å². The smallest absolute Gasteiger partial charge is 0.251 e. The molecule has 0 saturated carbocycles. The summed E-state index contributed by atoms with van der Waals surface area (Å²) in [4.78, 5) is 40.0. The van der Waals surface area contributed by atoms with Crippen LogP contribution < -0.4 is 10.6 Å². The minimum Gasteiger partial charge on any atom is -0.467 e. The van der Waals surface area contributed by atoms with Gasteiger partial charge in [-0.25, -0.2) is 0 Å². The van der Waals surface area contributed by atoms with Crippen LogP contribution in [0.3, 0.4) is 0 Å². The molecule has 1 fully saturated rings. The van der Waals surface area contributed by atoms with E-state index in [4.69, 9.17) is 4.42 Å². The largest absolute Gasteiger partial charge is 0.467 e. The molecule has 3 rings (SSSR count). The van der Waals surface area contributed by atoms with Crippen molar-refractivity contribution >= 4 is 17.7 Å². The first-order valence-corrected chi connectivity index (χ1v) is 10.9. The number of hydrogen-bond acceptors (Lipinski definition) is 4. The highest BCUT2D eigenvalue weighted by Crippen LogP contribution is 2.23. The van der Waals surface area contributed by atoms with E-state index in [1.807, 2.05) is 24.8 Å². The van der Waals surface area contributed by atoms with E-state index in [2.05, 4.69) is 10.6 Å². The van der Waals surface area contributed by atoms with E-state index < -0.39 is 6.04 Å². The summed E-state index contributed by atoms with van der Waals surface area (Å²) in [7, 11) is 0. The molecule has 0 radical (unpaired) electrons. The van der Waals surface area contributed by atoms with Gasteiger partial charge in [0, 0.05) is 25.1 Å². The molecule has 166 valence electrons. The summed E-state index contributed by atoms with van der Waals surface area (Å²) in [6.45, 7) is 5.51. The second-order valence-electron chi connectivity index (χ2n) is 8.43. The van der Waals surface area contributed by atoms with E-state index in [9.17, 15) is 14.4 Å². The molecule has 0 spiro atoms. The van der Waals surface area contributed by atoms with Gasteiger partial charge in [-0.3, -0.25) is 14.4 Å². The Balaban J connectivity index is 1.65. The molecular weight excluding hydrogens is 394 g/mol. The van der Waals surface area contributed by atoms with Gasteiger partial charge >= 0.3 is 0 Å². The highest BCUT2D eigenvalue weighted by molar-refractivity contribution is 5.97. The summed E-state index contributed by atoms with van der Waals surface area (Å²) in [6, 6.07) is 11.7. The molecule has 2 heterocycles. The normalized spacial score (nSPS) is 15.5. The molecule has 1 aromatic carbocycles. The number of benzene rings is 1.